The van der Waals surface area contributed by atoms with Gasteiger partial charge in [-0.2, -0.15) is 0 Å². The zero-order valence-electron chi connectivity index (χ0n) is 23.2. The van der Waals surface area contributed by atoms with Gasteiger partial charge in [0.2, 0.25) is 5.91 Å². The summed E-state index contributed by atoms with van der Waals surface area (Å²) < 4.78 is 8.27. The molecule has 1 amide bonds. The average molecular weight is 537 g/mol. The Labute approximate surface area is 235 Å². The van der Waals surface area contributed by atoms with Crippen molar-refractivity contribution < 1.29 is 9.53 Å². The van der Waals surface area contributed by atoms with Crippen LogP contribution in [0.15, 0.2) is 73.1 Å². The van der Waals surface area contributed by atoms with Crippen LogP contribution in [0.1, 0.15) is 37.4 Å². The lowest BCUT2D eigenvalue weighted by Crippen LogP contribution is -2.40. The summed E-state index contributed by atoms with van der Waals surface area (Å²) >= 11 is 0. The van der Waals surface area contributed by atoms with Gasteiger partial charge in [0.1, 0.15) is 29.3 Å². The molecule has 2 aliphatic rings. The number of piperidine rings is 1. The Morgan fingerprint density at radius 2 is 1.82 bits per heavy atom. The van der Waals surface area contributed by atoms with Crippen molar-refractivity contribution in [3.8, 4) is 22.6 Å². The van der Waals surface area contributed by atoms with Gasteiger partial charge in [-0.3, -0.25) is 9.69 Å². The summed E-state index contributed by atoms with van der Waals surface area (Å²) in [5.74, 6) is 2.09. The van der Waals surface area contributed by atoms with Gasteiger partial charge in [-0.15, -0.1) is 0 Å². The molecule has 1 saturated heterocycles. The Kier molecular flexibility index (Phi) is 7.26. The smallest absolute Gasteiger partial charge is 0.246 e. The van der Waals surface area contributed by atoms with Gasteiger partial charge in [0.05, 0.1) is 11.4 Å². The molecule has 1 saturated carbocycles. The summed E-state index contributed by atoms with van der Waals surface area (Å²) in [6, 6.07) is 18.6. The van der Waals surface area contributed by atoms with E-state index >= 15 is 0 Å². The van der Waals surface area contributed by atoms with E-state index in [4.69, 9.17) is 10.5 Å². The second kappa shape index (κ2) is 11.1. The monoisotopic (exact) mass is 536 g/mol. The summed E-state index contributed by atoms with van der Waals surface area (Å²) in [4.78, 5) is 26.4. The highest BCUT2D eigenvalue weighted by Crippen LogP contribution is 2.40. The molecule has 1 aliphatic carbocycles. The number of hydrogen-bond acceptors (Lipinski definition) is 6. The molecule has 0 radical (unpaired) electrons. The third kappa shape index (κ3) is 5.31. The number of likely N-dealkylation sites (tertiary alicyclic amines) is 1. The molecule has 8 heteroatoms. The van der Waals surface area contributed by atoms with Gasteiger partial charge in [0.15, 0.2) is 0 Å². The summed E-state index contributed by atoms with van der Waals surface area (Å²) in [5.41, 5.74) is 10.4. The molecule has 1 aliphatic heterocycles. The van der Waals surface area contributed by atoms with E-state index in [1.165, 1.54) is 19.2 Å². The van der Waals surface area contributed by atoms with Crippen LogP contribution in [0.3, 0.4) is 0 Å². The maximum atomic E-state index is 13.1. The second-order valence-electron chi connectivity index (χ2n) is 10.9. The van der Waals surface area contributed by atoms with Crippen molar-refractivity contribution in [2.45, 2.75) is 44.7 Å². The van der Waals surface area contributed by atoms with Gasteiger partial charge < -0.3 is 19.9 Å². The predicted molar refractivity (Wildman–Crippen MR) is 158 cm³/mol. The van der Waals surface area contributed by atoms with Crippen LogP contribution in [0.25, 0.3) is 22.2 Å². The fraction of sp³-hybridized carbons (Fsp3) is 0.344. The molecule has 4 aromatic rings. The van der Waals surface area contributed by atoms with E-state index in [1.807, 2.05) is 53.4 Å². The second-order valence-corrected chi connectivity index (χ2v) is 10.9. The Hall–Kier alpha value is -4.17. The number of carbonyl (C=O) groups excluding carboxylic acids is 1. The first-order valence-electron chi connectivity index (χ1n) is 14.1. The van der Waals surface area contributed by atoms with Crippen LogP contribution >= 0.6 is 0 Å². The van der Waals surface area contributed by atoms with Crippen molar-refractivity contribution in [3.63, 3.8) is 0 Å². The summed E-state index contributed by atoms with van der Waals surface area (Å²) in [5, 5.41) is 0.850. The minimum absolute atomic E-state index is 0.0754. The highest BCUT2D eigenvalue weighted by molar-refractivity contribution is 6.02. The zero-order valence-corrected chi connectivity index (χ0v) is 23.2. The third-order valence-corrected chi connectivity index (χ3v) is 8.08. The third-order valence-electron chi connectivity index (χ3n) is 8.08. The average Bonchev–Trinajstić information content (AvgIpc) is 3.78. The fourth-order valence-corrected chi connectivity index (χ4v) is 5.84. The van der Waals surface area contributed by atoms with Crippen LogP contribution < -0.4 is 10.5 Å². The first-order chi connectivity index (χ1) is 19.5. The number of aromatic nitrogens is 3. The topological polar surface area (TPSA) is 89.5 Å². The van der Waals surface area contributed by atoms with Crippen LogP contribution in [-0.4, -0.2) is 63.0 Å². The molecule has 2 N–H and O–H groups in total. The molecular weight excluding hydrogens is 500 g/mol. The molecule has 0 spiro atoms. The Morgan fingerprint density at radius 3 is 2.58 bits per heavy atom. The minimum Gasteiger partial charge on any atom is -0.457 e. The van der Waals surface area contributed by atoms with E-state index in [0.717, 1.165) is 65.3 Å². The van der Waals surface area contributed by atoms with Crippen molar-refractivity contribution in [2.75, 3.05) is 32.4 Å². The van der Waals surface area contributed by atoms with Gasteiger partial charge in [-0.25, -0.2) is 9.97 Å². The molecule has 2 aromatic heterocycles. The summed E-state index contributed by atoms with van der Waals surface area (Å²) in [6.45, 7) is 4.33. The largest absolute Gasteiger partial charge is 0.457 e. The van der Waals surface area contributed by atoms with Crippen LogP contribution in [0.4, 0.5) is 5.82 Å². The van der Waals surface area contributed by atoms with Gasteiger partial charge in [0.25, 0.3) is 0 Å². The molecule has 2 aromatic carbocycles. The first kappa shape index (κ1) is 26.1. The number of nitrogens with zero attached hydrogens (tertiary/aromatic N) is 5. The number of para-hydroxylation sites is 1. The van der Waals surface area contributed by atoms with Crippen LogP contribution in [0.2, 0.25) is 0 Å². The van der Waals surface area contributed by atoms with Crippen LogP contribution in [0.5, 0.6) is 11.5 Å². The number of likely N-dealkylation sites (N-methyl/N-ethyl adjacent to an activating group) is 1. The van der Waals surface area contributed by atoms with Crippen LogP contribution in [0, 0.1) is 6.92 Å². The first-order valence-corrected chi connectivity index (χ1v) is 14.1. The normalized spacial score (nSPS) is 17.7. The van der Waals surface area contributed by atoms with Gasteiger partial charge in [-0.1, -0.05) is 36.4 Å². The Morgan fingerprint density at radius 1 is 1.07 bits per heavy atom. The number of nitrogens with two attached hydrogens (primary N) is 1. The molecule has 40 heavy (non-hydrogen) atoms. The zero-order chi connectivity index (χ0) is 27.6. The van der Waals surface area contributed by atoms with Crippen molar-refractivity contribution >= 4 is 22.8 Å². The van der Waals surface area contributed by atoms with Gasteiger partial charge in [0, 0.05) is 43.0 Å². The fourth-order valence-electron chi connectivity index (χ4n) is 5.84. The molecule has 1 atom stereocenters. The lowest BCUT2D eigenvalue weighted by atomic mass is 10.0. The minimum atomic E-state index is 0.0754. The lowest BCUT2D eigenvalue weighted by molar-refractivity contribution is -0.127. The maximum Gasteiger partial charge on any atom is 0.246 e. The van der Waals surface area contributed by atoms with E-state index in [9.17, 15) is 4.79 Å². The number of carbonyl (C=O) groups is 1. The molecule has 6 rings (SSSR count). The molecule has 0 bridgehead atoms. The van der Waals surface area contributed by atoms with Gasteiger partial charge in [-0.05, 0) is 69.5 Å². The Balaban J connectivity index is 1.27. The number of fused-ring (bicyclic) bond motifs is 1. The SMILES string of the molecule is Cc1c(-c2ccc(Oc3ccccc3)cc2)c2c(N)ncnc2n1C1CCCN(C(=O)/C=C/CN(C)C2CC2)C1. The van der Waals surface area contributed by atoms with Crippen molar-refractivity contribution in [3.05, 3.63) is 78.8 Å². The van der Waals surface area contributed by atoms with E-state index in [0.29, 0.717) is 18.4 Å². The molecule has 8 nitrogen and oxygen atoms in total. The molecular formula is C32H36N6O2. The van der Waals surface area contributed by atoms with E-state index in [-0.39, 0.29) is 11.9 Å². The van der Waals surface area contributed by atoms with Crippen molar-refractivity contribution in [1.82, 2.24) is 24.3 Å². The molecule has 1 unspecified atom stereocenters. The molecule has 206 valence electrons. The standard InChI is InChI=1S/C32H36N6O2/c1-22-29(23-12-16-27(17-13-23)40-26-9-4-3-5-10-26)30-31(33)34-21-35-32(30)38(22)25-8-6-19-37(20-25)28(39)11-7-18-36(2)24-14-15-24/h3-5,7,9-13,16-17,21,24-25H,6,8,14-15,18-20H2,1-2H3,(H2,33,34,35)/b11-7+. The highest BCUT2D eigenvalue weighted by atomic mass is 16.5. The lowest BCUT2D eigenvalue weighted by Gasteiger charge is -2.34. The number of amides is 1. The number of anilines is 1. The predicted octanol–water partition coefficient (Wildman–Crippen LogP) is 5.60. The summed E-state index contributed by atoms with van der Waals surface area (Å²) in [6.07, 6.45) is 9.70. The number of rotatable bonds is 8. The van der Waals surface area contributed by atoms with Crippen molar-refractivity contribution in [2.24, 2.45) is 0 Å². The molecule has 2 fully saturated rings. The Bertz CT molecular complexity index is 1520. The highest BCUT2D eigenvalue weighted by Gasteiger charge is 2.29. The summed E-state index contributed by atoms with van der Waals surface area (Å²) in [7, 11) is 2.12. The number of benzene rings is 2. The number of nitrogen functional groups attached to an aromatic ring is 1. The quantitative estimate of drug-likeness (QED) is 0.295. The number of ether oxygens (including phenoxy) is 1. The molecule has 3 heterocycles. The van der Waals surface area contributed by atoms with E-state index < -0.39 is 0 Å². The van der Waals surface area contributed by atoms with Crippen LogP contribution in [-0.2, 0) is 4.79 Å². The van der Waals surface area contributed by atoms with E-state index in [2.05, 4.69) is 45.5 Å². The maximum absolute atomic E-state index is 13.1. The number of hydrogen-bond donors (Lipinski definition) is 1. The van der Waals surface area contributed by atoms with Crippen molar-refractivity contribution in [1.29, 1.82) is 0 Å². The van der Waals surface area contributed by atoms with Gasteiger partial charge >= 0.3 is 0 Å². The van der Waals surface area contributed by atoms with E-state index in [1.54, 1.807) is 6.08 Å².